The molecule has 2 atom stereocenters. The third kappa shape index (κ3) is 4.29. The van der Waals surface area contributed by atoms with Gasteiger partial charge < -0.3 is 14.3 Å². The van der Waals surface area contributed by atoms with Crippen LogP contribution in [0.25, 0.3) is 0 Å². The molecule has 0 saturated heterocycles. The minimum absolute atomic E-state index is 0.0390. The van der Waals surface area contributed by atoms with Crippen molar-refractivity contribution in [3.05, 3.63) is 54.0 Å². The lowest BCUT2D eigenvalue weighted by atomic mass is 10.0. The van der Waals surface area contributed by atoms with Gasteiger partial charge in [-0.1, -0.05) is 19.1 Å². The molecule has 4 nitrogen and oxygen atoms in total. The second-order valence-electron chi connectivity index (χ2n) is 4.83. The number of benzene rings is 1. The number of nitrogens with one attached hydrogen (secondary N) is 1. The highest BCUT2D eigenvalue weighted by Crippen LogP contribution is 2.24. The highest BCUT2D eigenvalue weighted by molar-refractivity contribution is 5.29. The van der Waals surface area contributed by atoms with E-state index in [1.807, 2.05) is 6.92 Å². The Bertz CT molecular complexity index is 543. The molecule has 2 unspecified atom stereocenters. The second-order valence-corrected chi connectivity index (χ2v) is 4.83. The number of alkyl halides is 2. The van der Waals surface area contributed by atoms with E-state index in [9.17, 15) is 13.9 Å². The Labute approximate surface area is 127 Å². The molecule has 22 heavy (non-hydrogen) atoms. The minimum Gasteiger partial charge on any atom is -0.468 e. The van der Waals surface area contributed by atoms with Crippen LogP contribution in [0.2, 0.25) is 0 Å². The third-order valence-corrected chi connectivity index (χ3v) is 3.39. The molecule has 0 saturated carbocycles. The Morgan fingerprint density at radius 2 is 1.91 bits per heavy atom. The summed E-state index contributed by atoms with van der Waals surface area (Å²) in [5, 5.41) is 12.8. The van der Waals surface area contributed by atoms with Gasteiger partial charge in [0.2, 0.25) is 0 Å². The van der Waals surface area contributed by atoms with E-state index >= 15 is 0 Å². The van der Waals surface area contributed by atoms with Crippen LogP contribution in [-0.2, 0) is 0 Å². The normalized spacial score (nSPS) is 14.0. The zero-order chi connectivity index (χ0) is 15.9. The summed E-state index contributed by atoms with van der Waals surface area (Å²) in [4.78, 5) is 0. The summed E-state index contributed by atoms with van der Waals surface area (Å²) in [6.07, 6.45) is 2.32. The Kier molecular flexibility index (Phi) is 5.91. The van der Waals surface area contributed by atoms with Gasteiger partial charge in [0.1, 0.15) is 11.5 Å². The first kappa shape index (κ1) is 16.5. The minimum atomic E-state index is -2.83. The van der Waals surface area contributed by atoms with Gasteiger partial charge >= 0.3 is 6.61 Å². The predicted molar refractivity (Wildman–Crippen MR) is 77.8 cm³/mol. The number of hydrogen-bond acceptors (Lipinski definition) is 4. The number of rotatable bonds is 8. The maximum atomic E-state index is 12.1. The molecule has 0 aliphatic rings. The van der Waals surface area contributed by atoms with Crippen LogP contribution in [-0.4, -0.2) is 18.3 Å². The van der Waals surface area contributed by atoms with Gasteiger partial charge in [-0.3, -0.25) is 5.32 Å². The van der Waals surface area contributed by atoms with E-state index in [0.29, 0.717) is 5.76 Å². The van der Waals surface area contributed by atoms with Crippen LogP contribution in [0.15, 0.2) is 47.1 Å². The quantitative estimate of drug-likeness (QED) is 0.781. The predicted octanol–water partition coefficient (Wildman–Crippen LogP) is 3.66. The van der Waals surface area contributed by atoms with Gasteiger partial charge in [0.05, 0.1) is 18.9 Å². The van der Waals surface area contributed by atoms with Crippen LogP contribution in [0.5, 0.6) is 5.75 Å². The van der Waals surface area contributed by atoms with Crippen molar-refractivity contribution in [3.63, 3.8) is 0 Å². The molecule has 1 aromatic carbocycles. The summed E-state index contributed by atoms with van der Waals surface area (Å²) in [7, 11) is 0. The number of halogens is 2. The average molecular weight is 311 g/mol. The molecule has 0 aliphatic heterocycles. The van der Waals surface area contributed by atoms with E-state index in [4.69, 9.17) is 4.42 Å². The molecule has 0 amide bonds. The van der Waals surface area contributed by atoms with E-state index in [1.165, 1.54) is 12.1 Å². The monoisotopic (exact) mass is 311 g/mol. The molecule has 2 N–H and O–H groups in total. The summed E-state index contributed by atoms with van der Waals surface area (Å²) in [6, 6.07) is 9.67. The molecule has 2 rings (SSSR count). The topological polar surface area (TPSA) is 54.6 Å². The second kappa shape index (κ2) is 7.91. The maximum Gasteiger partial charge on any atom is 0.387 e. The molecule has 0 fully saturated rings. The van der Waals surface area contributed by atoms with Crippen LogP contribution in [0, 0.1) is 0 Å². The zero-order valence-corrected chi connectivity index (χ0v) is 12.2. The van der Waals surface area contributed by atoms with E-state index in [-0.39, 0.29) is 24.4 Å². The third-order valence-electron chi connectivity index (χ3n) is 3.39. The first-order valence-electron chi connectivity index (χ1n) is 7.09. The lowest BCUT2D eigenvalue weighted by Crippen LogP contribution is -2.28. The van der Waals surface area contributed by atoms with Crippen molar-refractivity contribution in [3.8, 4) is 5.75 Å². The summed E-state index contributed by atoms with van der Waals surface area (Å²) in [5.74, 6) is 0.775. The van der Waals surface area contributed by atoms with Gasteiger partial charge in [-0.15, -0.1) is 0 Å². The average Bonchev–Trinajstić information content (AvgIpc) is 3.03. The molecule has 2 aromatic rings. The van der Waals surface area contributed by atoms with E-state index in [0.717, 1.165) is 12.0 Å². The highest BCUT2D eigenvalue weighted by Gasteiger charge is 2.19. The van der Waals surface area contributed by atoms with Gasteiger partial charge in [-0.2, -0.15) is 8.78 Å². The van der Waals surface area contributed by atoms with Crippen LogP contribution >= 0.6 is 0 Å². The molecule has 1 heterocycles. The van der Waals surface area contributed by atoms with Gasteiger partial charge in [0, 0.05) is 6.04 Å². The highest BCUT2D eigenvalue weighted by atomic mass is 19.3. The fraction of sp³-hybridized carbons (Fsp3) is 0.375. The molecule has 1 aromatic heterocycles. The van der Waals surface area contributed by atoms with E-state index in [1.54, 1.807) is 30.5 Å². The van der Waals surface area contributed by atoms with E-state index in [2.05, 4.69) is 10.1 Å². The SMILES string of the molecule is CCC(NC(CO)c1ccco1)c1ccc(OC(F)F)cc1. The molecular formula is C16H19F2NO3. The van der Waals surface area contributed by atoms with Crippen molar-refractivity contribution in [1.82, 2.24) is 5.32 Å². The van der Waals surface area contributed by atoms with Crippen LogP contribution in [0.3, 0.4) is 0 Å². The van der Waals surface area contributed by atoms with Crippen molar-refractivity contribution in [2.45, 2.75) is 32.0 Å². The summed E-state index contributed by atoms with van der Waals surface area (Å²) in [6.45, 7) is -0.933. The number of hydrogen-bond donors (Lipinski definition) is 2. The van der Waals surface area contributed by atoms with Crippen molar-refractivity contribution >= 4 is 0 Å². The summed E-state index contributed by atoms with van der Waals surface area (Å²) in [5.41, 5.74) is 0.925. The smallest absolute Gasteiger partial charge is 0.387 e. The number of ether oxygens (including phenoxy) is 1. The fourth-order valence-electron chi connectivity index (χ4n) is 2.29. The number of aliphatic hydroxyl groups excluding tert-OH is 1. The summed E-state index contributed by atoms with van der Waals surface area (Å²) < 4.78 is 33.9. The fourth-order valence-corrected chi connectivity index (χ4v) is 2.29. The van der Waals surface area contributed by atoms with Gasteiger partial charge in [0.25, 0.3) is 0 Å². The first-order valence-corrected chi connectivity index (χ1v) is 7.09. The molecular weight excluding hydrogens is 292 g/mol. The summed E-state index contributed by atoms with van der Waals surface area (Å²) >= 11 is 0. The Morgan fingerprint density at radius 3 is 2.41 bits per heavy atom. The molecule has 0 aliphatic carbocycles. The lowest BCUT2D eigenvalue weighted by molar-refractivity contribution is -0.0498. The standard InChI is InChI=1S/C16H19F2NO3/c1-2-13(19-14(10-20)15-4-3-9-21-15)11-5-7-12(8-6-11)22-16(17)18/h3-9,13-14,16,19-20H,2,10H2,1H3. The number of furan rings is 1. The Morgan fingerprint density at radius 1 is 1.18 bits per heavy atom. The Balaban J connectivity index is 2.07. The molecule has 6 heteroatoms. The molecule has 0 radical (unpaired) electrons. The molecule has 0 bridgehead atoms. The van der Waals surface area contributed by atoms with Gasteiger partial charge in [-0.05, 0) is 36.2 Å². The van der Waals surface area contributed by atoms with Crippen LogP contribution in [0.1, 0.15) is 36.8 Å². The number of aliphatic hydroxyl groups is 1. The first-order chi connectivity index (χ1) is 10.6. The van der Waals surface area contributed by atoms with Gasteiger partial charge in [0.15, 0.2) is 0 Å². The van der Waals surface area contributed by atoms with Gasteiger partial charge in [-0.25, -0.2) is 0 Å². The molecule has 0 spiro atoms. The van der Waals surface area contributed by atoms with Crippen molar-refractivity contribution in [2.75, 3.05) is 6.61 Å². The van der Waals surface area contributed by atoms with Crippen molar-refractivity contribution < 1.29 is 23.0 Å². The van der Waals surface area contributed by atoms with Crippen molar-refractivity contribution in [1.29, 1.82) is 0 Å². The lowest BCUT2D eigenvalue weighted by Gasteiger charge is -2.23. The largest absolute Gasteiger partial charge is 0.468 e. The zero-order valence-electron chi connectivity index (χ0n) is 12.2. The van der Waals surface area contributed by atoms with Crippen LogP contribution < -0.4 is 10.1 Å². The maximum absolute atomic E-state index is 12.1. The Hall–Kier alpha value is -1.92. The van der Waals surface area contributed by atoms with Crippen molar-refractivity contribution in [2.24, 2.45) is 0 Å². The van der Waals surface area contributed by atoms with Crippen LogP contribution in [0.4, 0.5) is 8.78 Å². The molecule has 120 valence electrons. The van der Waals surface area contributed by atoms with E-state index < -0.39 is 6.61 Å².